The summed E-state index contributed by atoms with van der Waals surface area (Å²) in [5.74, 6) is -0.159. The number of para-hydroxylation sites is 1. The van der Waals surface area contributed by atoms with Crippen LogP contribution < -0.4 is 16.4 Å². The molecule has 3 rings (SSSR count). The lowest BCUT2D eigenvalue weighted by Crippen LogP contribution is -2.58. The van der Waals surface area contributed by atoms with Crippen molar-refractivity contribution in [1.29, 1.82) is 0 Å². The topological polar surface area (TPSA) is 106 Å². The first-order valence-electron chi connectivity index (χ1n) is 7.85. The van der Waals surface area contributed by atoms with Crippen LogP contribution in [0.3, 0.4) is 0 Å². The molecule has 1 aromatic rings. The minimum Gasteiger partial charge on any atom is -0.465 e. The molecule has 1 aliphatic carbocycles. The summed E-state index contributed by atoms with van der Waals surface area (Å²) in [6.07, 6.45) is 4.61. The first-order chi connectivity index (χ1) is 11.5. The number of carbonyl (C=O) groups excluding carboxylic acids is 1. The van der Waals surface area contributed by atoms with Crippen molar-refractivity contribution in [2.75, 3.05) is 12.0 Å². The highest BCUT2D eigenvalue weighted by atomic mass is 35.5. The number of esters is 1. The Kier molecular flexibility index (Phi) is 4.36. The van der Waals surface area contributed by atoms with Gasteiger partial charge in [0, 0.05) is 0 Å². The first kappa shape index (κ1) is 16.6. The third kappa shape index (κ3) is 2.69. The zero-order valence-corrected chi connectivity index (χ0v) is 14.2. The van der Waals surface area contributed by atoms with E-state index in [0.717, 1.165) is 32.1 Å². The van der Waals surface area contributed by atoms with Crippen LogP contribution in [0, 0.1) is 0 Å². The van der Waals surface area contributed by atoms with Gasteiger partial charge >= 0.3 is 5.97 Å². The second-order valence-electron chi connectivity index (χ2n) is 5.95. The summed E-state index contributed by atoms with van der Waals surface area (Å²) in [5, 5.41) is 0.386. The third-order valence-corrected chi connectivity index (χ3v) is 4.77. The van der Waals surface area contributed by atoms with Gasteiger partial charge in [0.25, 0.3) is 0 Å². The Labute approximate surface area is 145 Å². The van der Waals surface area contributed by atoms with Crippen molar-refractivity contribution in [2.24, 2.45) is 21.5 Å². The van der Waals surface area contributed by atoms with Gasteiger partial charge in [-0.1, -0.05) is 24.1 Å². The van der Waals surface area contributed by atoms with Crippen LogP contribution in [0.15, 0.2) is 28.2 Å². The lowest BCUT2D eigenvalue weighted by atomic mass is 9.87. The normalized spacial score (nSPS) is 19.7. The minimum absolute atomic E-state index is 0.150. The van der Waals surface area contributed by atoms with E-state index in [1.807, 2.05) is 0 Å². The number of guanidine groups is 2. The van der Waals surface area contributed by atoms with Crippen molar-refractivity contribution in [3.05, 3.63) is 28.8 Å². The van der Waals surface area contributed by atoms with E-state index in [-0.39, 0.29) is 11.9 Å². The summed E-state index contributed by atoms with van der Waals surface area (Å²) in [4.78, 5) is 22.7. The van der Waals surface area contributed by atoms with Gasteiger partial charge in [-0.25, -0.2) is 9.79 Å². The summed E-state index contributed by atoms with van der Waals surface area (Å²) in [6, 6.07) is 5.05. The number of aliphatic imine (C=N–C) groups is 2. The smallest absolute Gasteiger partial charge is 0.340 e. The van der Waals surface area contributed by atoms with Crippen LogP contribution in [0.2, 0.25) is 5.02 Å². The molecule has 1 fully saturated rings. The number of hydrogen-bond donors (Lipinski definition) is 2. The van der Waals surface area contributed by atoms with Gasteiger partial charge < -0.3 is 16.2 Å². The molecule has 0 amide bonds. The lowest BCUT2D eigenvalue weighted by molar-refractivity contribution is 0.0601. The molecular formula is C16H20ClN5O2. The fraction of sp³-hybridized carbons (Fsp3) is 0.438. The predicted molar refractivity (Wildman–Crippen MR) is 94.3 cm³/mol. The molecule has 0 aromatic heterocycles. The molecule has 0 unspecified atom stereocenters. The largest absolute Gasteiger partial charge is 0.465 e. The molecule has 24 heavy (non-hydrogen) atoms. The summed E-state index contributed by atoms with van der Waals surface area (Å²) >= 11 is 6.43. The van der Waals surface area contributed by atoms with Crippen LogP contribution in [0.1, 0.15) is 42.5 Å². The molecule has 1 saturated carbocycles. The Hall–Kier alpha value is -2.28. The molecule has 0 bridgehead atoms. The SMILES string of the molecule is COC(=O)c1cccc(Cl)c1N1C(N)=NC(N)=NC12CCCCC2. The highest BCUT2D eigenvalue weighted by molar-refractivity contribution is 6.35. The average molecular weight is 350 g/mol. The molecule has 4 N–H and O–H groups in total. The number of carbonyl (C=O) groups is 1. The van der Waals surface area contributed by atoms with Crippen LogP contribution >= 0.6 is 11.6 Å². The molecule has 128 valence electrons. The number of hydrogen-bond acceptors (Lipinski definition) is 7. The average Bonchev–Trinajstić information content (AvgIpc) is 2.55. The van der Waals surface area contributed by atoms with Gasteiger partial charge in [0.05, 0.1) is 23.4 Å². The zero-order valence-electron chi connectivity index (χ0n) is 13.5. The van der Waals surface area contributed by atoms with Crippen molar-refractivity contribution < 1.29 is 9.53 Å². The summed E-state index contributed by atoms with van der Waals surface area (Å²) in [7, 11) is 1.33. The van der Waals surface area contributed by atoms with Crippen LogP contribution in [0.4, 0.5) is 5.69 Å². The molecular weight excluding hydrogens is 330 g/mol. The highest BCUT2D eigenvalue weighted by Gasteiger charge is 2.44. The van der Waals surface area contributed by atoms with Gasteiger partial charge in [-0.15, -0.1) is 0 Å². The summed E-state index contributed by atoms with van der Waals surface area (Å²) in [6.45, 7) is 0. The first-order valence-corrected chi connectivity index (χ1v) is 8.23. The molecule has 7 nitrogen and oxygen atoms in total. The second kappa shape index (κ2) is 6.32. The number of ether oxygens (including phenoxy) is 1. The third-order valence-electron chi connectivity index (χ3n) is 4.47. The Balaban J connectivity index is 2.20. The van der Waals surface area contributed by atoms with E-state index in [9.17, 15) is 4.79 Å². The van der Waals surface area contributed by atoms with Gasteiger partial charge in [0.1, 0.15) is 5.66 Å². The van der Waals surface area contributed by atoms with Crippen molar-refractivity contribution in [1.82, 2.24) is 0 Å². The molecule has 1 aliphatic heterocycles. The van der Waals surface area contributed by atoms with Gasteiger partial charge in [0.15, 0.2) is 0 Å². The van der Waals surface area contributed by atoms with E-state index in [4.69, 9.17) is 27.8 Å². The van der Waals surface area contributed by atoms with Crippen molar-refractivity contribution >= 4 is 35.2 Å². The van der Waals surface area contributed by atoms with Crippen LogP contribution in [-0.2, 0) is 4.74 Å². The highest BCUT2D eigenvalue weighted by Crippen LogP contribution is 2.43. The van der Waals surface area contributed by atoms with Crippen molar-refractivity contribution in [2.45, 2.75) is 37.8 Å². The molecule has 0 atom stereocenters. The monoisotopic (exact) mass is 349 g/mol. The maximum Gasteiger partial charge on any atom is 0.340 e. The maximum atomic E-state index is 12.2. The Morgan fingerprint density at radius 3 is 2.67 bits per heavy atom. The number of nitrogens with two attached hydrogens (primary N) is 2. The van der Waals surface area contributed by atoms with E-state index >= 15 is 0 Å². The van der Waals surface area contributed by atoms with Gasteiger partial charge in [0.2, 0.25) is 11.9 Å². The van der Waals surface area contributed by atoms with E-state index in [1.165, 1.54) is 7.11 Å². The summed E-state index contributed by atoms with van der Waals surface area (Å²) in [5.41, 5.74) is 12.2. The molecule has 1 spiro atoms. The zero-order chi connectivity index (χ0) is 17.3. The van der Waals surface area contributed by atoms with E-state index in [0.29, 0.717) is 16.3 Å². The molecule has 2 aliphatic rings. The number of anilines is 1. The van der Waals surface area contributed by atoms with Crippen LogP contribution in [-0.4, -0.2) is 30.7 Å². The summed E-state index contributed by atoms with van der Waals surface area (Å²) < 4.78 is 4.89. The quantitative estimate of drug-likeness (QED) is 0.796. The Morgan fingerprint density at radius 1 is 1.29 bits per heavy atom. The second-order valence-corrected chi connectivity index (χ2v) is 6.35. The lowest BCUT2D eigenvalue weighted by Gasteiger charge is -2.46. The van der Waals surface area contributed by atoms with E-state index in [2.05, 4.69) is 9.98 Å². The van der Waals surface area contributed by atoms with Crippen LogP contribution in [0.25, 0.3) is 0 Å². The maximum absolute atomic E-state index is 12.2. The standard InChI is InChI=1S/C16H20ClN5O2/c1-24-13(23)10-6-5-7-11(17)12(10)22-15(19)20-14(18)21-16(22)8-3-2-4-9-16/h5-7H,2-4,8-9H2,1H3,(H4,18,19,20,21). The predicted octanol–water partition coefficient (Wildman–Crippen LogP) is 2.24. The van der Waals surface area contributed by atoms with Crippen molar-refractivity contribution in [3.8, 4) is 0 Å². The molecule has 1 heterocycles. The van der Waals surface area contributed by atoms with E-state index < -0.39 is 11.6 Å². The molecule has 8 heteroatoms. The Morgan fingerprint density at radius 2 is 2.00 bits per heavy atom. The number of halogens is 1. The Bertz CT molecular complexity index is 725. The fourth-order valence-electron chi connectivity index (χ4n) is 3.46. The van der Waals surface area contributed by atoms with Gasteiger partial charge in [-0.3, -0.25) is 4.90 Å². The van der Waals surface area contributed by atoms with Gasteiger partial charge in [-0.2, -0.15) is 4.99 Å². The van der Waals surface area contributed by atoms with Gasteiger partial charge in [-0.05, 0) is 37.8 Å². The number of methoxy groups -OCH3 is 1. The minimum atomic E-state index is -0.665. The number of benzene rings is 1. The van der Waals surface area contributed by atoms with Crippen LogP contribution in [0.5, 0.6) is 0 Å². The number of rotatable bonds is 2. The molecule has 1 aromatic carbocycles. The molecule has 0 saturated heterocycles. The molecule has 0 radical (unpaired) electrons. The number of nitrogens with zero attached hydrogens (tertiary/aromatic N) is 3. The van der Waals surface area contributed by atoms with Crippen molar-refractivity contribution in [3.63, 3.8) is 0 Å². The fourth-order valence-corrected chi connectivity index (χ4v) is 3.72. The van der Waals surface area contributed by atoms with E-state index in [1.54, 1.807) is 23.1 Å².